The van der Waals surface area contributed by atoms with E-state index in [0.29, 0.717) is 37.9 Å². The molecule has 2 aromatic carbocycles. The van der Waals surface area contributed by atoms with Gasteiger partial charge in [0, 0.05) is 44.0 Å². The Bertz CT molecular complexity index is 1130. The van der Waals surface area contributed by atoms with E-state index < -0.39 is 0 Å². The average molecular weight is 480 g/mol. The van der Waals surface area contributed by atoms with E-state index in [4.69, 9.17) is 9.26 Å². The molecule has 0 spiro atoms. The Kier molecular flexibility index (Phi) is 6.94. The highest BCUT2D eigenvalue weighted by atomic mass is 19.1. The van der Waals surface area contributed by atoms with E-state index in [1.165, 1.54) is 12.1 Å². The van der Waals surface area contributed by atoms with Gasteiger partial charge < -0.3 is 19.1 Å². The molecule has 184 valence electrons. The first-order valence-corrected chi connectivity index (χ1v) is 12.1. The van der Waals surface area contributed by atoms with Crippen LogP contribution in [-0.2, 0) is 11.3 Å². The van der Waals surface area contributed by atoms with E-state index in [1.807, 2.05) is 29.2 Å². The van der Waals surface area contributed by atoms with Gasteiger partial charge in [0.25, 0.3) is 0 Å². The zero-order valence-electron chi connectivity index (χ0n) is 19.9. The summed E-state index contributed by atoms with van der Waals surface area (Å²) < 4.78 is 23.9. The normalized spacial score (nSPS) is 19.1. The number of methoxy groups -OCH3 is 1. The van der Waals surface area contributed by atoms with Gasteiger partial charge in [-0.05, 0) is 67.9 Å². The molecular formula is C26H30FN5O3. The van der Waals surface area contributed by atoms with Crippen LogP contribution in [0.2, 0.25) is 0 Å². The first-order chi connectivity index (χ1) is 17.1. The summed E-state index contributed by atoms with van der Waals surface area (Å²) in [5.74, 6) is 1.84. The number of carbonyl (C=O) groups is 1. The molecule has 9 heteroatoms. The summed E-state index contributed by atoms with van der Waals surface area (Å²) >= 11 is 0. The number of benzene rings is 2. The quantitative estimate of drug-likeness (QED) is 0.536. The van der Waals surface area contributed by atoms with Crippen molar-refractivity contribution in [2.24, 2.45) is 5.92 Å². The van der Waals surface area contributed by atoms with E-state index in [9.17, 15) is 9.18 Å². The fraction of sp³-hybridized carbons (Fsp3) is 0.423. The summed E-state index contributed by atoms with van der Waals surface area (Å²) in [5.41, 5.74) is 1.86. The zero-order valence-corrected chi connectivity index (χ0v) is 19.9. The van der Waals surface area contributed by atoms with E-state index in [-0.39, 0.29) is 17.6 Å². The predicted molar refractivity (Wildman–Crippen MR) is 129 cm³/mol. The number of carbonyl (C=O) groups excluding carboxylic acids is 1. The molecule has 3 heterocycles. The molecule has 2 aliphatic rings. The summed E-state index contributed by atoms with van der Waals surface area (Å²) in [5, 5.41) is 4.12. The topological polar surface area (TPSA) is 74.9 Å². The molecule has 5 rings (SSSR count). The molecule has 0 bridgehead atoms. The van der Waals surface area contributed by atoms with Gasteiger partial charge in [0.15, 0.2) is 0 Å². The summed E-state index contributed by atoms with van der Waals surface area (Å²) in [7, 11) is 1.63. The molecule has 0 radical (unpaired) electrons. The fourth-order valence-corrected chi connectivity index (χ4v) is 4.86. The van der Waals surface area contributed by atoms with Crippen molar-refractivity contribution >= 4 is 11.6 Å². The van der Waals surface area contributed by atoms with Crippen LogP contribution in [0, 0.1) is 11.7 Å². The minimum absolute atomic E-state index is 0.0231. The third kappa shape index (κ3) is 5.45. The Morgan fingerprint density at radius 1 is 1.06 bits per heavy atom. The van der Waals surface area contributed by atoms with Crippen LogP contribution in [0.4, 0.5) is 10.1 Å². The highest BCUT2D eigenvalue weighted by Crippen LogP contribution is 2.24. The number of amides is 1. The molecule has 0 aliphatic carbocycles. The van der Waals surface area contributed by atoms with Crippen LogP contribution < -0.4 is 9.64 Å². The molecule has 1 atom stereocenters. The van der Waals surface area contributed by atoms with Crippen LogP contribution in [0.15, 0.2) is 53.1 Å². The van der Waals surface area contributed by atoms with E-state index in [0.717, 1.165) is 49.5 Å². The van der Waals surface area contributed by atoms with E-state index in [2.05, 4.69) is 19.9 Å². The Labute approximate surface area is 204 Å². The van der Waals surface area contributed by atoms with Gasteiger partial charge in [-0.2, -0.15) is 4.98 Å². The van der Waals surface area contributed by atoms with Crippen molar-refractivity contribution in [3.8, 4) is 17.1 Å². The number of ether oxygens (including phenoxy) is 1. The van der Waals surface area contributed by atoms with Gasteiger partial charge in [0.1, 0.15) is 11.6 Å². The van der Waals surface area contributed by atoms with Crippen molar-refractivity contribution in [3.05, 3.63) is 60.2 Å². The van der Waals surface area contributed by atoms with Crippen LogP contribution in [-0.4, -0.2) is 72.2 Å². The molecule has 1 unspecified atom stereocenters. The SMILES string of the molecule is COc1ccc(-c2noc(CN3CCCC(C(=O)N4CCN(c5ccc(F)cc5)CC4)C3)n2)cc1. The molecular weight excluding hydrogens is 449 g/mol. The molecule has 35 heavy (non-hydrogen) atoms. The van der Waals surface area contributed by atoms with Crippen LogP contribution in [0.5, 0.6) is 5.75 Å². The highest BCUT2D eigenvalue weighted by molar-refractivity contribution is 5.79. The second-order valence-electron chi connectivity index (χ2n) is 9.10. The summed E-state index contributed by atoms with van der Waals surface area (Å²) in [6.45, 7) is 5.00. The highest BCUT2D eigenvalue weighted by Gasteiger charge is 2.31. The lowest BCUT2D eigenvalue weighted by Gasteiger charge is -2.39. The standard InChI is InChI=1S/C26H30FN5O3/c1-34-23-10-4-19(5-11-23)25-28-24(35-29-25)18-30-12-2-3-20(17-30)26(33)32-15-13-31(14-16-32)22-8-6-21(27)7-9-22/h4-11,20H,2-3,12-18H2,1H3. The lowest BCUT2D eigenvalue weighted by molar-refractivity contribution is -0.137. The van der Waals surface area contributed by atoms with Crippen LogP contribution in [0.1, 0.15) is 18.7 Å². The van der Waals surface area contributed by atoms with Crippen LogP contribution in [0.25, 0.3) is 11.4 Å². The largest absolute Gasteiger partial charge is 0.497 e. The molecule has 2 saturated heterocycles. The van der Waals surface area contributed by atoms with E-state index in [1.54, 1.807) is 19.2 Å². The maximum absolute atomic E-state index is 13.2. The number of hydrogen-bond donors (Lipinski definition) is 0. The number of halogens is 1. The Balaban J connectivity index is 1.14. The first-order valence-electron chi connectivity index (χ1n) is 12.1. The molecule has 2 fully saturated rings. The lowest BCUT2D eigenvalue weighted by Crippen LogP contribution is -2.52. The average Bonchev–Trinajstić information content (AvgIpc) is 3.37. The van der Waals surface area contributed by atoms with Gasteiger partial charge in [-0.15, -0.1) is 0 Å². The molecule has 0 saturated carbocycles. The van der Waals surface area contributed by atoms with Crippen LogP contribution in [0.3, 0.4) is 0 Å². The number of rotatable bonds is 6. The number of piperazine rings is 1. The Morgan fingerprint density at radius 2 is 1.80 bits per heavy atom. The fourth-order valence-electron chi connectivity index (χ4n) is 4.86. The Morgan fingerprint density at radius 3 is 2.51 bits per heavy atom. The minimum atomic E-state index is -0.234. The van der Waals surface area contributed by atoms with E-state index >= 15 is 0 Å². The monoisotopic (exact) mass is 479 g/mol. The second kappa shape index (κ2) is 10.4. The smallest absolute Gasteiger partial charge is 0.241 e. The predicted octanol–water partition coefficient (Wildman–Crippen LogP) is 3.45. The third-order valence-electron chi connectivity index (χ3n) is 6.81. The van der Waals surface area contributed by atoms with Crippen molar-refractivity contribution in [1.82, 2.24) is 19.9 Å². The van der Waals surface area contributed by atoms with Crippen molar-refractivity contribution in [2.75, 3.05) is 51.3 Å². The maximum Gasteiger partial charge on any atom is 0.241 e. The summed E-state index contributed by atoms with van der Waals surface area (Å²) in [6, 6.07) is 14.1. The molecule has 8 nitrogen and oxygen atoms in total. The number of aromatic nitrogens is 2. The van der Waals surface area contributed by atoms with Gasteiger partial charge in [-0.1, -0.05) is 5.16 Å². The lowest BCUT2D eigenvalue weighted by atomic mass is 9.96. The molecule has 3 aromatic rings. The molecule has 0 N–H and O–H groups in total. The van der Waals surface area contributed by atoms with Gasteiger partial charge in [-0.25, -0.2) is 4.39 Å². The van der Waals surface area contributed by atoms with Crippen molar-refractivity contribution < 1.29 is 18.4 Å². The number of likely N-dealkylation sites (tertiary alicyclic amines) is 1. The van der Waals surface area contributed by atoms with Crippen LogP contribution >= 0.6 is 0 Å². The number of piperidine rings is 1. The number of hydrogen-bond acceptors (Lipinski definition) is 7. The number of nitrogens with zero attached hydrogens (tertiary/aromatic N) is 5. The summed E-state index contributed by atoms with van der Waals surface area (Å²) in [6.07, 6.45) is 1.86. The summed E-state index contributed by atoms with van der Waals surface area (Å²) in [4.78, 5) is 24.2. The Hall–Kier alpha value is -3.46. The first kappa shape index (κ1) is 23.3. The number of anilines is 1. The minimum Gasteiger partial charge on any atom is -0.497 e. The molecule has 2 aliphatic heterocycles. The molecule has 1 aromatic heterocycles. The third-order valence-corrected chi connectivity index (χ3v) is 6.81. The van der Waals surface area contributed by atoms with Gasteiger partial charge in [0.05, 0.1) is 19.6 Å². The van der Waals surface area contributed by atoms with Gasteiger partial charge in [0.2, 0.25) is 17.6 Å². The van der Waals surface area contributed by atoms with Crippen molar-refractivity contribution in [3.63, 3.8) is 0 Å². The molecule has 1 amide bonds. The van der Waals surface area contributed by atoms with Crippen molar-refractivity contribution in [1.29, 1.82) is 0 Å². The maximum atomic E-state index is 13.2. The van der Waals surface area contributed by atoms with Gasteiger partial charge in [-0.3, -0.25) is 9.69 Å². The zero-order chi connectivity index (χ0) is 24.2. The van der Waals surface area contributed by atoms with Gasteiger partial charge >= 0.3 is 0 Å². The second-order valence-corrected chi connectivity index (χ2v) is 9.10. The van der Waals surface area contributed by atoms with Crippen molar-refractivity contribution in [2.45, 2.75) is 19.4 Å².